The van der Waals surface area contributed by atoms with Crippen LogP contribution in [0, 0.1) is 0 Å². The number of hydrogen-bond acceptors (Lipinski definition) is 7. The molecule has 3 aromatic carbocycles. The molecule has 177 valence electrons. The van der Waals surface area contributed by atoms with Crippen molar-refractivity contribution in [2.24, 2.45) is 0 Å². The molecule has 2 aromatic heterocycles. The van der Waals surface area contributed by atoms with Crippen LogP contribution in [0.15, 0.2) is 76.0 Å². The Morgan fingerprint density at radius 1 is 1.03 bits per heavy atom. The smallest absolute Gasteiger partial charge is 0.439 e. The van der Waals surface area contributed by atoms with Crippen molar-refractivity contribution < 1.29 is 18.8 Å². The number of nitrogens with zero attached hydrogens (tertiary/aromatic N) is 3. The molecule has 0 atom stereocenters. The van der Waals surface area contributed by atoms with E-state index in [1.165, 1.54) is 7.11 Å². The van der Waals surface area contributed by atoms with Gasteiger partial charge in [0, 0.05) is 56.9 Å². The van der Waals surface area contributed by atoms with Crippen LogP contribution in [0.25, 0.3) is 33.5 Å². The minimum Gasteiger partial charge on any atom is -0.465 e. The van der Waals surface area contributed by atoms with E-state index in [9.17, 15) is 9.59 Å². The van der Waals surface area contributed by atoms with Crippen LogP contribution in [0.3, 0.4) is 0 Å². The zero-order chi connectivity index (χ0) is 24.4. The van der Waals surface area contributed by atoms with Gasteiger partial charge in [-0.15, -0.1) is 0 Å². The van der Waals surface area contributed by atoms with Gasteiger partial charge in [0.15, 0.2) is 5.82 Å². The number of aromatic nitrogens is 4. The van der Waals surface area contributed by atoms with Gasteiger partial charge in [-0.2, -0.15) is 4.98 Å². The topological polar surface area (TPSA) is 112 Å². The fourth-order valence-corrected chi connectivity index (χ4v) is 4.08. The Balaban J connectivity index is 0.00000304. The second-order valence-electron chi connectivity index (χ2n) is 7.76. The summed E-state index contributed by atoms with van der Waals surface area (Å²) < 4.78 is 17.3. The van der Waals surface area contributed by atoms with Gasteiger partial charge in [0.25, 0.3) is 6.01 Å². The predicted octanol–water partition coefficient (Wildman–Crippen LogP) is 3.90. The van der Waals surface area contributed by atoms with Gasteiger partial charge in [-0.25, -0.2) is 9.59 Å². The van der Waals surface area contributed by atoms with Gasteiger partial charge in [-0.1, -0.05) is 59.8 Å². The molecule has 1 N–H and O–H groups in total. The van der Waals surface area contributed by atoms with E-state index < -0.39 is 11.7 Å². The Morgan fingerprint density at radius 3 is 2.44 bits per heavy atom. The summed E-state index contributed by atoms with van der Waals surface area (Å²) in [5.74, 6) is -0.664. The molecular weight excluding hydrogens is 487 g/mol. The molecule has 36 heavy (non-hydrogen) atoms. The number of methoxy groups -OCH3 is 1. The van der Waals surface area contributed by atoms with Crippen LogP contribution in [0.4, 0.5) is 0 Å². The maximum Gasteiger partial charge on any atom is 0.439 e. The zero-order valence-corrected chi connectivity index (χ0v) is 23.3. The Morgan fingerprint density at radius 2 is 1.78 bits per heavy atom. The summed E-state index contributed by atoms with van der Waals surface area (Å²) in [5.41, 5.74) is 5.34. The molecule has 5 rings (SSSR count). The summed E-state index contributed by atoms with van der Waals surface area (Å²) in [5, 5.41) is 3.82. The van der Waals surface area contributed by atoms with Crippen molar-refractivity contribution in [3.05, 3.63) is 88.4 Å². The normalized spacial score (nSPS) is 10.7. The SMILES string of the molecule is CCOc1nc2cccc(C(=O)OC)c2n1Cc1ccc(-c2ccccc2-c2noc(=O)[nH]2)cc1.[K]. The average Bonchev–Trinajstić information content (AvgIpc) is 3.47. The van der Waals surface area contributed by atoms with Crippen molar-refractivity contribution in [3.63, 3.8) is 0 Å². The Bertz CT molecular complexity index is 1570. The molecule has 2 heterocycles. The third-order valence-electron chi connectivity index (χ3n) is 5.64. The van der Waals surface area contributed by atoms with Crippen LogP contribution >= 0.6 is 0 Å². The van der Waals surface area contributed by atoms with Gasteiger partial charge in [0.2, 0.25) is 0 Å². The van der Waals surface area contributed by atoms with E-state index in [0.717, 1.165) is 22.3 Å². The maximum absolute atomic E-state index is 12.4. The van der Waals surface area contributed by atoms with E-state index in [1.54, 1.807) is 12.1 Å². The number of para-hydroxylation sites is 1. The number of hydrogen-bond donors (Lipinski definition) is 1. The number of fused-ring (bicyclic) bond motifs is 1. The van der Waals surface area contributed by atoms with Crippen molar-refractivity contribution in [2.45, 2.75) is 13.5 Å². The predicted molar refractivity (Wildman–Crippen MR) is 135 cm³/mol. The third kappa shape index (κ3) is 5.09. The molecule has 0 unspecified atom stereocenters. The monoisotopic (exact) mass is 509 g/mol. The number of aromatic amines is 1. The fourth-order valence-electron chi connectivity index (χ4n) is 4.08. The van der Waals surface area contributed by atoms with Crippen molar-refractivity contribution in [2.75, 3.05) is 13.7 Å². The number of rotatable bonds is 7. The summed E-state index contributed by atoms with van der Waals surface area (Å²) >= 11 is 0. The number of benzene rings is 3. The van der Waals surface area contributed by atoms with Crippen LogP contribution in [-0.2, 0) is 11.3 Å². The van der Waals surface area contributed by atoms with Crippen LogP contribution in [0.2, 0.25) is 0 Å². The summed E-state index contributed by atoms with van der Waals surface area (Å²) in [4.78, 5) is 31.0. The average molecular weight is 510 g/mol. The number of nitrogens with one attached hydrogen (secondary N) is 1. The number of ether oxygens (including phenoxy) is 2. The third-order valence-corrected chi connectivity index (χ3v) is 5.64. The fraction of sp³-hybridized carbons (Fsp3) is 0.154. The van der Waals surface area contributed by atoms with Crippen molar-refractivity contribution >= 4 is 68.4 Å². The number of H-pyrrole nitrogens is 1. The molecule has 0 aliphatic heterocycles. The largest absolute Gasteiger partial charge is 0.465 e. The van der Waals surface area contributed by atoms with Crippen LogP contribution in [0.1, 0.15) is 22.8 Å². The van der Waals surface area contributed by atoms with Crippen LogP contribution in [0.5, 0.6) is 6.01 Å². The van der Waals surface area contributed by atoms with Crippen molar-refractivity contribution in [3.8, 4) is 28.5 Å². The second-order valence-corrected chi connectivity index (χ2v) is 7.76. The first-order valence-electron chi connectivity index (χ1n) is 11.0. The molecule has 0 fully saturated rings. The van der Waals surface area contributed by atoms with E-state index in [0.29, 0.717) is 41.6 Å². The van der Waals surface area contributed by atoms with E-state index in [1.807, 2.05) is 66.1 Å². The molecule has 0 bridgehead atoms. The molecule has 0 saturated carbocycles. The van der Waals surface area contributed by atoms with E-state index in [4.69, 9.17) is 9.47 Å². The minimum atomic E-state index is -0.603. The summed E-state index contributed by atoms with van der Waals surface area (Å²) in [6.45, 7) is 2.77. The standard InChI is InChI=1S/C26H22N4O5.K/c1-3-34-25-27-21-10-6-9-20(24(31)33-2)22(21)30(25)15-16-11-13-17(14-12-16)18-7-4-5-8-19(18)23-28-26(32)35-29-23;/h4-14H,3,15H2,1-2H3,(H,28,29,32);. The minimum absolute atomic E-state index is 0. The quantitative estimate of drug-likeness (QED) is 0.262. The molecule has 0 spiro atoms. The van der Waals surface area contributed by atoms with Gasteiger partial charge < -0.3 is 9.47 Å². The first-order chi connectivity index (χ1) is 17.1. The van der Waals surface area contributed by atoms with Gasteiger partial charge in [-0.05, 0) is 35.7 Å². The Hall–Kier alpha value is -3.02. The van der Waals surface area contributed by atoms with Gasteiger partial charge >= 0.3 is 11.7 Å². The molecule has 10 heteroatoms. The Labute approximate surface area is 248 Å². The van der Waals surface area contributed by atoms with Crippen LogP contribution in [-0.4, -0.2) is 90.8 Å². The van der Waals surface area contributed by atoms with E-state index in [-0.39, 0.29) is 51.4 Å². The van der Waals surface area contributed by atoms with E-state index in [2.05, 4.69) is 19.6 Å². The molecule has 9 nitrogen and oxygen atoms in total. The van der Waals surface area contributed by atoms with Crippen molar-refractivity contribution in [1.82, 2.24) is 19.7 Å². The molecule has 0 aliphatic carbocycles. The zero-order valence-electron chi connectivity index (χ0n) is 20.1. The van der Waals surface area contributed by atoms with Crippen LogP contribution < -0.4 is 10.5 Å². The molecule has 0 aliphatic rings. The molecule has 5 aromatic rings. The Kier molecular flexibility index (Phi) is 8.22. The first kappa shape index (κ1) is 26.1. The number of esters is 1. The van der Waals surface area contributed by atoms with Gasteiger partial charge in [-0.3, -0.25) is 14.1 Å². The second kappa shape index (κ2) is 11.4. The van der Waals surface area contributed by atoms with E-state index >= 15 is 0 Å². The maximum atomic E-state index is 12.4. The number of carbonyl (C=O) groups is 1. The molecule has 0 saturated heterocycles. The molecule has 1 radical (unpaired) electrons. The number of imidazole rings is 1. The summed E-state index contributed by atoms with van der Waals surface area (Å²) in [6.07, 6.45) is 0. The number of carbonyl (C=O) groups excluding carboxylic acids is 1. The molecular formula is C26H22KN4O5. The molecule has 0 amide bonds. The van der Waals surface area contributed by atoms with Crippen molar-refractivity contribution in [1.29, 1.82) is 0 Å². The summed E-state index contributed by atoms with van der Waals surface area (Å²) in [6, 6.07) is 21.4. The summed E-state index contributed by atoms with van der Waals surface area (Å²) in [7, 11) is 1.36. The van der Waals surface area contributed by atoms with Gasteiger partial charge in [0.05, 0.1) is 36.9 Å². The van der Waals surface area contributed by atoms with Gasteiger partial charge in [0.1, 0.15) is 0 Å². The first-order valence-corrected chi connectivity index (χ1v) is 11.0.